The number of aromatic nitrogens is 1. The van der Waals surface area contributed by atoms with Crippen LogP contribution in [0, 0.1) is 0 Å². The number of fused-ring (bicyclic) bond motifs is 3. The maximum atomic E-state index is 12.3. The number of amides is 1. The van der Waals surface area contributed by atoms with E-state index in [2.05, 4.69) is 4.98 Å². The maximum absolute atomic E-state index is 12.3. The molecular weight excluding hydrogens is 340 g/mol. The highest BCUT2D eigenvalue weighted by Crippen LogP contribution is 2.33. The molecule has 1 aliphatic rings. The van der Waals surface area contributed by atoms with Gasteiger partial charge in [0.1, 0.15) is 17.1 Å². The number of rotatable bonds is 6. The van der Waals surface area contributed by atoms with Gasteiger partial charge >= 0.3 is 0 Å². The summed E-state index contributed by atoms with van der Waals surface area (Å²) in [6.07, 6.45) is 6.96. The van der Waals surface area contributed by atoms with Crippen LogP contribution in [0.1, 0.15) is 29.9 Å². The fourth-order valence-electron chi connectivity index (χ4n) is 3.54. The van der Waals surface area contributed by atoms with Crippen LogP contribution in [0.5, 0.6) is 5.75 Å². The summed E-state index contributed by atoms with van der Waals surface area (Å²) < 4.78 is 11.7. The molecule has 0 saturated carbocycles. The lowest BCUT2D eigenvalue weighted by Crippen LogP contribution is -2.33. The lowest BCUT2D eigenvalue weighted by molar-refractivity contribution is -0.132. The number of pyridine rings is 1. The Kier molecular flexibility index (Phi) is 5.10. The highest BCUT2D eigenvalue weighted by Gasteiger charge is 2.18. The second-order valence-electron chi connectivity index (χ2n) is 7.04. The van der Waals surface area contributed by atoms with Gasteiger partial charge in [0.2, 0.25) is 0 Å². The number of benzene rings is 1. The minimum absolute atomic E-state index is 0.0320. The Balaban J connectivity index is 1.35. The average molecular weight is 364 g/mol. The van der Waals surface area contributed by atoms with Crippen molar-refractivity contribution in [1.82, 2.24) is 9.88 Å². The first-order valence-corrected chi connectivity index (χ1v) is 9.51. The molecule has 0 fully saturated rings. The smallest absolute Gasteiger partial charge is 0.260 e. The summed E-state index contributed by atoms with van der Waals surface area (Å²) in [4.78, 5) is 18.3. The fourth-order valence-corrected chi connectivity index (χ4v) is 3.54. The Labute approximate surface area is 158 Å². The molecule has 0 saturated heterocycles. The Bertz CT molecular complexity index is 933. The molecule has 5 heteroatoms. The van der Waals surface area contributed by atoms with Gasteiger partial charge in [-0.15, -0.1) is 0 Å². The van der Waals surface area contributed by atoms with E-state index < -0.39 is 0 Å². The van der Waals surface area contributed by atoms with Gasteiger partial charge < -0.3 is 14.1 Å². The minimum atomic E-state index is -0.0414. The molecule has 0 spiro atoms. The standard InChI is InChI=1S/C22H24N2O3/c1-24(13-11-16-6-4-5-12-23-16)22(25)15-26-17-9-10-21-19(14-17)18-7-2-3-8-20(18)27-21/h4-6,9-10,12,14H,2-3,7-8,11,13,15H2,1H3. The van der Waals surface area contributed by atoms with E-state index >= 15 is 0 Å². The van der Waals surface area contributed by atoms with Gasteiger partial charge in [0.25, 0.3) is 5.91 Å². The molecule has 0 unspecified atom stereocenters. The second-order valence-corrected chi connectivity index (χ2v) is 7.04. The largest absolute Gasteiger partial charge is 0.484 e. The number of furan rings is 1. The first-order chi connectivity index (χ1) is 13.2. The molecule has 3 aromatic rings. The molecule has 2 aromatic heterocycles. The summed E-state index contributed by atoms with van der Waals surface area (Å²) >= 11 is 0. The summed E-state index contributed by atoms with van der Waals surface area (Å²) in [7, 11) is 1.80. The molecule has 1 amide bonds. The van der Waals surface area contributed by atoms with E-state index in [1.807, 2.05) is 36.4 Å². The third kappa shape index (κ3) is 3.97. The average Bonchev–Trinajstić information content (AvgIpc) is 3.09. The van der Waals surface area contributed by atoms with Gasteiger partial charge in [-0.1, -0.05) is 6.07 Å². The van der Waals surface area contributed by atoms with Crippen molar-refractivity contribution in [2.45, 2.75) is 32.1 Å². The molecule has 2 heterocycles. The van der Waals surface area contributed by atoms with Crippen LogP contribution in [0.3, 0.4) is 0 Å². The highest BCUT2D eigenvalue weighted by atomic mass is 16.5. The fraction of sp³-hybridized carbons (Fsp3) is 0.364. The number of aryl methyl sites for hydroxylation is 2. The van der Waals surface area contributed by atoms with E-state index in [1.54, 1.807) is 18.1 Å². The predicted molar refractivity (Wildman–Crippen MR) is 104 cm³/mol. The van der Waals surface area contributed by atoms with Crippen molar-refractivity contribution >= 4 is 16.9 Å². The zero-order valence-electron chi connectivity index (χ0n) is 15.6. The van der Waals surface area contributed by atoms with E-state index in [4.69, 9.17) is 9.15 Å². The topological polar surface area (TPSA) is 55.6 Å². The molecule has 1 aliphatic carbocycles. The van der Waals surface area contributed by atoms with Gasteiger partial charge in [-0.25, -0.2) is 0 Å². The number of hydrogen-bond donors (Lipinski definition) is 0. The highest BCUT2D eigenvalue weighted by molar-refractivity contribution is 5.84. The summed E-state index contributed by atoms with van der Waals surface area (Å²) in [5, 5.41) is 1.12. The molecule has 140 valence electrons. The normalized spacial score (nSPS) is 13.4. The monoisotopic (exact) mass is 364 g/mol. The Morgan fingerprint density at radius 3 is 2.96 bits per heavy atom. The van der Waals surface area contributed by atoms with Crippen LogP contribution in [0.15, 0.2) is 47.0 Å². The minimum Gasteiger partial charge on any atom is -0.484 e. The molecule has 4 rings (SSSR count). The van der Waals surface area contributed by atoms with Crippen LogP contribution in [0.2, 0.25) is 0 Å². The molecule has 0 aliphatic heterocycles. The Morgan fingerprint density at radius 1 is 1.22 bits per heavy atom. The van der Waals surface area contributed by atoms with Crippen molar-refractivity contribution in [2.75, 3.05) is 20.2 Å². The first kappa shape index (κ1) is 17.6. The van der Waals surface area contributed by atoms with Gasteiger partial charge in [0.15, 0.2) is 6.61 Å². The molecule has 0 radical (unpaired) electrons. The SMILES string of the molecule is CN(CCc1ccccn1)C(=O)COc1ccc2oc3c(c2c1)CCCC3. The maximum Gasteiger partial charge on any atom is 0.260 e. The zero-order valence-corrected chi connectivity index (χ0v) is 15.6. The lowest BCUT2D eigenvalue weighted by atomic mass is 9.96. The van der Waals surface area contributed by atoms with Gasteiger partial charge in [0, 0.05) is 49.3 Å². The van der Waals surface area contributed by atoms with Crippen molar-refractivity contribution in [2.24, 2.45) is 0 Å². The predicted octanol–water partition coefficient (Wildman–Crippen LogP) is 3.79. The third-order valence-corrected chi connectivity index (χ3v) is 5.14. The number of carbonyl (C=O) groups is 1. The number of hydrogen-bond acceptors (Lipinski definition) is 4. The molecule has 5 nitrogen and oxygen atoms in total. The van der Waals surface area contributed by atoms with E-state index in [0.717, 1.165) is 41.7 Å². The van der Waals surface area contributed by atoms with Crippen LogP contribution in [0.4, 0.5) is 0 Å². The Morgan fingerprint density at radius 2 is 2.11 bits per heavy atom. The molecular formula is C22H24N2O3. The van der Waals surface area contributed by atoms with Gasteiger partial charge in [0.05, 0.1) is 0 Å². The third-order valence-electron chi connectivity index (χ3n) is 5.14. The number of nitrogens with zero attached hydrogens (tertiary/aromatic N) is 2. The second kappa shape index (κ2) is 7.82. The van der Waals surface area contributed by atoms with Crippen molar-refractivity contribution in [3.8, 4) is 5.75 Å². The quantitative estimate of drug-likeness (QED) is 0.668. The molecule has 0 bridgehead atoms. The molecule has 27 heavy (non-hydrogen) atoms. The number of carbonyl (C=O) groups excluding carboxylic acids is 1. The van der Waals surface area contributed by atoms with Crippen molar-refractivity contribution in [1.29, 1.82) is 0 Å². The van der Waals surface area contributed by atoms with Gasteiger partial charge in [-0.05, 0) is 49.6 Å². The van der Waals surface area contributed by atoms with Gasteiger partial charge in [-0.3, -0.25) is 9.78 Å². The van der Waals surface area contributed by atoms with E-state index in [9.17, 15) is 4.79 Å². The number of likely N-dealkylation sites (N-methyl/N-ethyl adjacent to an activating group) is 1. The lowest BCUT2D eigenvalue weighted by Gasteiger charge is -2.17. The Hall–Kier alpha value is -2.82. The summed E-state index contributed by atoms with van der Waals surface area (Å²) in [5.41, 5.74) is 3.20. The van der Waals surface area contributed by atoms with Crippen LogP contribution in [-0.2, 0) is 24.1 Å². The van der Waals surface area contributed by atoms with E-state index in [-0.39, 0.29) is 12.5 Å². The van der Waals surface area contributed by atoms with E-state index in [0.29, 0.717) is 12.3 Å². The van der Waals surface area contributed by atoms with Crippen LogP contribution in [-0.4, -0.2) is 36.0 Å². The van der Waals surface area contributed by atoms with Crippen LogP contribution < -0.4 is 4.74 Å². The summed E-state index contributed by atoms with van der Waals surface area (Å²) in [6.45, 7) is 0.651. The van der Waals surface area contributed by atoms with Crippen LogP contribution in [0.25, 0.3) is 11.0 Å². The summed E-state index contributed by atoms with van der Waals surface area (Å²) in [6, 6.07) is 11.6. The summed E-state index contributed by atoms with van der Waals surface area (Å²) in [5.74, 6) is 1.78. The first-order valence-electron chi connectivity index (χ1n) is 9.51. The van der Waals surface area contributed by atoms with Crippen molar-refractivity contribution in [3.05, 3.63) is 59.6 Å². The molecule has 0 N–H and O–H groups in total. The van der Waals surface area contributed by atoms with Crippen molar-refractivity contribution < 1.29 is 13.9 Å². The van der Waals surface area contributed by atoms with Crippen molar-refractivity contribution in [3.63, 3.8) is 0 Å². The van der Waals surface area contributed by atoms with E-state index in [1.165, 1.54) is 18.4 Å². The zero-order chi connectivity index (χ0) is 18.6. The molecule has 0 atom stereocenters. The molecule has 1 aromatic carbocycles. The van der Waals surface area contributed by atoms with Gasteiger partial charge in [-0.2, -0.15) is 0 Å². The number of ether oxygens (including phenoxy) is 1. The van der Waals surface area contributed by atoms with Crippen LogP contribution >= 0.6 is 0 Å².